The van der Waals surface area contributed by atoms with Gasteiger partial charge in [0.15, 0.2) is 0 Å². The van der Waals surface area contributed by atoms with E-state index in [0.29, 0.717) is 32.1 Å². The molecule has 0 heterocycles. The van der Waals surface area contributed by atoms with Gasteiger partial charge in [-0.15, -0.1) is 0 Å². The Hall–Kier alpha value is -2.57. The number of unbranched alkanes of at least 4 members (excludes halogenated alkanes) is 1. The summed E-state index contributed by atoms with van der Waals surface area (Å²) in [6, 6.07) is 17.3. The largest absolute Gasteiger partial charge is 0.489 e. The SMILES string of the molecule is CCCCOC(=O)N[C@@H](Cc1ccc(OCc2ccccc2)cc1)[C@H](O)CNCC(C)C. The van der Waals surface area contributed by atoms with Gasteiger partial charge >= 0.3 is 6.09 Å². The van der Waals surface area contributed by atoms with E-state index in [1.54, 1.807) is 0 Å². The topological polar surface area (TPSA) is 79.8 Å². The number of carbonyl (C=O) groups excluding carboxylic acids is 1. The van der Waals surface area contributed by atoms with Gasteiger partial charge in [-0.05, 0) is 48.6 Å². The van der Waals surface area contributed by atoms with E-state index in [2.05, 4.69) is 24.5 Å². The summed E-state index contributed by atoms with van der Waals surface area (Å²) >= 11 is 0. The first-order chi connectivity index (χ1) is 15.5. The molecule has 2 rings (SSSR count). The number of aliphatic hydroxyl groups is 1. The van der Waals surface area contributed by atoms with Crippen LogP contribution in [0.2, 0.25) is 0 Å². The fourth-order valence-corrected chi connectivity index (χ4v) is 3.16. The Morgan fingerprint density at radius 3 is 2.38 bits per heavy atom. The molecule has 0 aliphatic rings. The summed E-state index contributed by atoms with van der Waals surface area (Å²) in [5.74, 6) is 1.26. The molecule has 2 aromatic carbocycles. The molecule has 32 heavy (non-hydrogen) atoms. The second kappa shape index (κ2) is 14.5. The Kier molecular flexibility index (Phi) is 11.6. The first-order valence-corrected chi connectivity index (χ1v) is 11.6. The molecule has 176 valence electrons. The third-order valence-electron chi connectivity index (χ3n) is 5.03. The van der Waals surface area contributed by atoms with Gasteiger partial charge in [0, 0.05) is 6.54 Å². The van der Waals surface area contributed by atoms with Crippen molar-refractivity contribution in [3.05, 3.63) is 65.7 Å². The number of hydrogen-bond acceptors (Lipinski definition) is 5. The predicted octanol–water partition coefficient (Wildman–Crippen LogP) is 4.31. The minimum absolute atomic E-state index is 0.379. The maximum Gasteiger partial charge on any atom is 0.407 e. The van der Waals surface area contributed by atoms with Gasteiger partial charge in [0.25, 0.3) is 0 Å². The molecule has 6 heteroatoms. The van der Waals surface area contributed by atoms with Crippen LogP contribution < -0.4 is 15.4 Å². The van der Waals surface area contributed by atoms with Crippen molar-refractivity contribution in [1.82, 2.24) is 10.6 Å². The molecule has 0 radical (unpaired) electrons. The summed E-state index contributed by atoms with van der Waals surface area (Å²) in [6.45, 7) is 8.36. The molecule has 0 unspecified atom stereocenters. The number of nitrogens with one attached hydrogen (secondary N) is 2. The summed E-state index contributed by atoms with van der Waals surface area (Å²) < 4.78 is 11.1. The van der Waals surface area contributed by atoms with Crippen molar-refractivity contribution in [1.29, 1.82) is 0 Å². The van der Waals surface area contributed by atoms with Gasteiger partial charge in [-0.3, -0.25) is 0 Å². The van der Waals surface area contributed by atoms with Crippen molar-refractivity contribution >= 4 is 6.09 Å². The molecule has 0 saturated heterocycles. The Labute approximate surface area is 192 Å². The van der Waals surface area contributed by atoms with Crippen LogP contribution in [0.3, 0.4) is 0 Å². The first kappa shape index (κ1) is 25.7. The number of ether oxygens (including phenoxy) is 2. The third kappa shape index (κ3) is 10.2. The van der Waals surface area contributed by atoms with Crippen LogP contribution in [-0.4, -0.2) is 43.0 Å². The average Bonchev–Trinajstić information content (AvgIpc) is 2.78. The molecule has 0 fully saturated rings. The molecular weight excluding hydrogens is 404 g/mol. The maximum atomic E-state index is 12.2. The Balaban J connectivity index is 1.94. The molecule has 0 aromatic heterocycles. The van der Waals surface area contributed by atoms with Gasteiger partial charge in [-0.2, -0.15) is 0 Å². The Bertz CT molecular complexity index is 765. The van der Waals surface area contributed by atoms with Gasteiger partial charge < -0.3 is 25.2 Å². The molecular formula is C26H38N2O4. The van der Waals surface area contributed by atoms with Crippen molar-refractivity contribution in [2.45, 2.75) is 58.8 Å². The lowest BCUT2D eigenvalue weighted by molar-refractivity contribution is 0.102. The molecule has 6 nitrogen and oxygen atoms in total. The van der Waals surface area contributed by atoms with Crippen molar-refractivity contribution in [3.8, 4) is 5.75 Å². The Morgan fingerprint density at radius 1 is 1.00 bits per heavy atom. The second-order valence-electron chi connectivity index (χ2n) is 8.48. The van der Waals surface area contributed by atoms with E-state index in [9.17, 15) is 9.90 Å². The maximum absolute atomic E-state index is 12.2. The molecule has 0 aliphatic heterocycles. The average molecular weight is 443 g/mol. The van der Waals surface area contributed by atoms with E-state index in [0.717, 1.165) is 36.3 Å². The van der Waals surface area contributed by atoms with Crippen LogP contribution in [-0.2, 0) is 17.8 Å². The monoisotopic (exact) mass is 442 g/mol. The van der Waals surface area contributed by atoms with E-state index >= 15 is 0 Å². The van der Waals surface area contributed by atoms with Gasteiger partial charge in [-0.25, -0.2) is 4.79 Å². The number of benzene rings is 2. The quantitative estimate of drug-likeness (QED) is 0.380. The highest BCUT2D eigenvalue weighted by Gasteiger charge is 2.22. The van der Waals surface area contributed by atoms with Crippen LogP contribution in [0.25, 0.3) is 0 Å². The first-order valence-electron chi connectivity index (χ1n) is 11.6. The van der Waals surface area contributed by atoms with Crippen LogP contribution in [0.5, 0.6) is 5.75 Å². The number of alkyl carbamates (subject to hydrolysis) is 1. The highest BCUT2D eigenvalue weighted by molar-refractivity contribution is 5.67. The van der Waals surface area contributed by atoms with E-state index in [1.165, 1.54) is 0 Å². The minimum Gasteiger partial charge on any atom is -0.489 e. The number of amides is 1. The fourth-order valence-electron chi connectivity index (χ4n) is 3.16. The molecule has 0 bridgehead atoms. The van der Waals surface area contributed by atoms with Crippen LogP contribution in [0, 0.1) is 5.92 Å². The summed E-state index contributed by atoms with van der Waals surface area (Å²) in [5.41, 5.74) is 2.11. The lowest BCUT2D eigenvalue weighted by Crippen LogP contribution is -2.49. The van der Waals surface area contributed by atoms with Gasteiger partial charge in [0.05, 0.1) is 18.8 Å². The fraction of sp³-hybridized carbons (Fsp3) is 0.500. The van der Waals surface area contributed by atoms with Gasteiger partial charge in [-0.1, -0.05) is 69.7 Å². The smallest absolute Gasteiger partial charge is 0.407 e. The van der Waals surface area contributed by atoms with Gasteiger partial charge in [0.2, 0.25) is 0 Å². The van der Waals surface area contributed by atoms with Crippen LogP contribution in [0.4, 0.5) is 4.79 Å². The summed E-state index contributed by atoms with van der Waals surface area (Å²) in [4.78, 5) is 12.2. The van der Waals surface area contributed by atoms with Crippen molar-refractivity contribution in [2.24, 2.45) is 5.92 Å². The summed E-state index contributed by atoms with van der Waals surface area (Å²) in [6.07, 6.45) is 1.04. The molecule has 2 atom stereocenters. The van der Waals surface area contributed by atoms with E-state index < -0.39 is 18.2 Å². The molecule has 0 spiro atoms. The van der Waals surface area contributed by atoms with Crippen molar-refractivity contribution < 1.29 is 19.4 Å². The highest BCUT2D eigenvalue weighted by atomic mass is 16.5. The summed E-state index contributed by atoms with van der Waals surface area (Å²) in [7, 11) is 0. The molecule has 0 aliphatic carbocycles. The standard InChI is InChI=1S/C26H38N2O4/c1-4-5-15-31-26(30)28-24(25(29)18-27-17-20(2)3)16-21-11-13-23(14-12-21)32-19-22-9-7-6-8-10-22/h6-14,20,24-25,27,29H,4-5,15-19H2,1-3H3,(H,28,30)/t24-,25+/m0/s1. The summed E-state index contributed by atoms with van der Waals surface area (Å²) in [5, 5.41) is 16.8. The molecule has 1 amide bonds. The predicted molar refractivity (Wildman–Crippen MR) is 128 cm³/mol. The molecule has 3 N–H and O–H groups in total. The number of rotatable bonds is 14. The van der Waals surface area contributed by atoms with E-state index in [-0.39, 0.29) is 0 Å². The van der Waals surface area contributed by atoms with E-state index in [4.69, 9.17) is 9.47 Å². The Morgan fingerprint density at radius 2 is 1.72 bits per heavy atom. The lowest BCUT2D eigenvalue weighted by atomic mass is 10.0. The van der Waals surface area contributed by atoms with E-state index in [1.807, 2.05) is 61.5 Å². The number of aliphatic hydroxyl groups excluding tert-OH is 1. The molecule has 2 aromatic rings. The van der Waals surface area contributed by atoms with Crippen LogP contribution in [0.1, 0.15) is 44.7 Å². The zero-order valence-electron chi connectivity index (χ0n) is 19.5. The number of carbonyl (C=O) groups is 1. The number of hydrogen-bond donors (Lipinski definition) is 3. The normalized spacial score (nSPS) is 12.9. The van der Waals surface area contributed by atoms with Crippen LogP contribution >= 0.6 is 0 Å². The molecule has 0 saturated carbocycles. The third-order valence-corrected chi connectivity index (χ3v) is 5.03. The second-order valence-corrected chi connectivity index (χ2v) is 8.48. The van der Waals surface area contributed by atoms with Gasteiger partial charge in [0.1, 0.15) is 12.4 Å². The minimum atomic E-state index is -0.735. The zero-order chi connectivity index (χ0) is 23.2. The van der Waals surface area contributed by atoms with Crippen molar-refractivity contribution in [3.63, 3.8) is 0 Å². The lowest BCUT2D eigenvalue weighted by Gasteiger charge is -2.25. The highest BCUT2D eigenvalue weighted by Crippen LogP contribution is 2.16. The zero-order valence-corrected chi connectivity index (χ0v) is 19.5. The van der Waals surface area contributed by atoms with Crippen LogP contribution in [0.15, 0.2) is 54.6 Å². The van der Waals surface area contributed by atoms with Crippen molar-refractivity contribution in [2.75, 3.05) is 19.7 Å².